The molecule has 0 heterocycles. The van der Waals surface area contributed by atoms with E-state index in [9.17, 15) is 18.4 Å². The molecule has 5 nitrogen and oxygen atoms in total. The highest BCUT2D eigenvalue weighted by atomic mass is 35.5. The molecule has 8 heteroatoms. The summed E-state index contributed by atoms with van der Waals surface area (Å²) in [6.07, 6.45) is -1.35. The highest BCUT2D eigenvalue weighted by molar-refractivity contribution is 6.51. The van der Waals surface area contributed by atoms with Crippen LogP contribution in [0.25, 0.3) is 0 Å². The van der Waals surface area contributed by atoms with Gasteiger partial charge in [-0.3, -0.25) is 0 Å². The second-order valence-corrected chi connectivity index (χ2v) is 4.40. The van der Waals surface area contributed by atoms with Gasteiger partial charge >= 0.3 is 17.4 Å². The largest absolute Gasteiger partial charge is 0.464 e. The molecule has 0 aromatic rings. The number of alkyl halides is 3. The summed E-state index contributed by atoms with van der Waals surface area (Å²) in [4.78, 5) is 24.9. The number of esters is 1. The van der Waals surface area contributed by atoms with Crippen molar-refractivity contribution in [3.63, 3.8) is 0 Å². The summed E-state index contributed by atoms with van der Waals surface area (Å²) in [5.74, 6) is -1.50. The fourth-order valence-electron chi connectivity index (χ4n) is 0.697. The number of aliphatic imine (C=N–C) groups is 1. The van der Waals surface area contributed by atoms with Gasteiger partial charge in [-0.25, -0.2) is 9.59 Å². The number of amides is 1. The molecular weight excluding hydrogens is 260 g/mol. The molecule has 98 valence electrons. The smallest absolute Gasteiger partial charge is 0.434 e. The molecule has 0 aliphatic rings. The van der Waals surface area contributed by atoms with E-state index in [4.69, 9.17) is 0 Å². The van der Waals surface area contributed by atoms with Crippen LogP contribution in [0.2, 0.25) is 0 Å². The molecule has 0 saturated carbocycles. The van der Waals surface area contributed by atoms with E-state index in [0.29, 0.717) is 0 Å². The summed E-state index contributed by atoms with van der Waals surface area (Å²) < 4.78 is 34.1. The molecule has 0 aliphatic heterocycles. The molecule has 0 N–H and O–H groups in total. The summed E-state index contributed by atoms with van der Waals surface area (Å²) in [7, 11) is 0.857. The Morgan fingerprint density at radius 3 is 2.00 bits per heavy atom. The standard InChI is InChI=1S/C9H12ClF2NO4/c1-8(2,3)17-7(15)13-5(6(14)16-4)9(10,11)12/h1-4H3/b13-5+. The number of nitrogens with zero attached hydrogens (tertiary/aromatic N) is 1. The van der Waals surface area contributed by atoms with E-state index in [0.717, 1.165) is 7.11 Å². The van der Waals surface area contributed by atoms with Crippen LogP contribution in [0.4, 0.5) is 13.6 Å². The molecule has 0 radical (unpaired) electrons. The summed E-state index contributed by atoms with van der Waals surface area (Å²) in [5.41, 5.74) is -2.44. The van der Waals surface area contributed by atoms with Crippen LogP contribution < -0.4 is 0 Å². The number of carbonyl (C=O) groups is 2. The number of hydrogen-bond donors (Lipinski definition) is 0. The Morgan fingerprint density at radius 2 is 1.71 bits per heavy atom. The van der Waals surface area contributed by atoms with E-state index in [1.54, 1.807) is 0 Å². The topological polar surface area (TPSA) is 65.0 Å². The zero-order valence-electron chi connectivity index (χ0n) is 9.71. The van der Waals surface area contributed by atoms with Crippen LogP contribution in [0.5, 0.6) is 0 Å². The Balaban J connectivity index is 5.08. The van der Waals surface area contributed by atoms with E-state index in [-0.39, 0.29) is 0 Å². The molecular formula is C9H12ClF2NO4. The van der Waals surface area contributed by atoms with Crippen molar-refractivity contribution in [1.82, 2.24) is 0 Å². The maximum atomic E-state index is 12.7. The van der Waals surface area contributed by atoms with Crippen molar-refractivity contribution in [2.45, 2.75) is 31.8 Å². The van der Waals surface area contributed by atoms with Crippen molar-refractivity contribution in [2.24, 2.45) is 4.99 Å². The number of hydrogen-bond acceptors (Lipinski definition) is 4. The highest BCUT2D eigenvalue weighted by Crippen LogP contribution is 2.22. The van der Waals surface area contributed by atoms with Crippen LogP contribution >= 0.6 is 11.6 Å². The van der Waals surface area contributed by atoms with E-state index in [1.165, 1.54) is 20.8 Å². The summed E-state index contributed by atoms with van der Waals surface area (Å²) in [6.45, 7) is 4.53. The van der Waals surface area contributed by atoms with Crippen molar-refractivity contribution in [2.75, 3.05) is 7.11 Å². The maximum Gasteiger partial charge on any atom is 0.434 e. The number of ether oxygens (including phenoxy) is 2. The first-order chi connectivity index (χ1) is 7.47. The minimum absolute atomic E-state index is 0.857. The monoisotopic (exact) mass is 271 g/mol. The Hall–Kier alpha value is -1.24. The van der Waals surface area contributed by atoms with Crippen molar-refractivity contribution < 1.29 is 27.8 Å². The number of rotatable bonds is 2. The van der Waals surface area contributed by atoms with Gasteiger partial charge in [-0.15, -0.1) is 0 Å². The molecule has 0 spiro atoms. The van der Waals surface area contributed by atoms with Gasteiger partial charge in [0.05, 0.1) is 7.11 Å². The van der Waals surface area contributed by atoms with Crippen LogP contribution in [0.15, 0.2) is 4.99 Å². The second-order valence-electron chi connectivity index (χ2n) is 3.93. The van der Waals surface area contributed by atoms with Gasteiger partial charge in [0.25, 0.3) is 0 Å². The van der Waals surface area contributed by atoms with Gasteiger partial charge < -0.3 is 9.47 Å². The van der Waals surface area contributed by atoms with Crippen molar-refractivity contribution in [3.8, 4) is 0 Å². The second kappa shape index (κ2) is 5.39. The van der Waals surface area contributed by atoms with Gasteiger partial charge in [0.15, 0.2) is 0 Å². The maximum absolute atomic E-state index is 12.7. The van der Waals surface area contributed by atoms with Crippen LogP contribution in [0, 0.1) is 0 Å². The van der Waals surface area contributed by atoms with Crippen LogP contribution in [-0.4, -0.2) is 35.9 Å². The minimum Gasteiger partial charge on any atom is -0.464 e. The SMILES string of the molecule is COC(=O)/C(=N\C(=O)OC(C)(C)C)C(F)(F)Cl. The normalized spacial score (nSPS) is 13.2. The van der Waals surface area contributed by atoms with Crippen molar-refractivity contribution >= 4 is 29.4 Å². The average molecular weight is 272 g/mol. The predicted octanol–water partition coefficient (Wildman–Crippen LogP) is 2.37. The predicted molar refractivity (Wildman–Crippen MR) is 56.5 cm³/mol. The van der Waals surface area contributed by atoms with E-state index < -0.39 is 28.8 Å². The molecule has 0 unspecified atom stereocenters. The number of methoxy groups -OCH3 is 1. The Morgan fingerprint density at radius 1 is 1.24 bits per heavy atom. The van der Waals surface area contributed by atoms with Crippen LogP contribution in [-0.2, 0) is 14.3 Å². The lowest BCUT2D eigenvalue weighted by Gasteiger charge is -2.18. The Labute approximate surface area is 102 Å². The van der Waals surface area contributed by atoms with Gasteiger partial charge in [0.1, 0.15) is 5.60 Å². The third kappa shape index (κ3) is 6.15. The zero-order valence-corrected chi connectivity index (χ0v) is 10.5. The quantitative estimate of drug-likeness (QED) is 0.439. The first-order valence-corrected chi connectivity index (χ1v) is 4.82. The van der Waals surface area contributed by atoms with Gasteiger partial charge in [0, 0.05) is 0 Å². The van der Waals surface area contributed by atoms with Crippen LogP contribution in [0.3, 0.4) is 0 Å². The minimum atomic E-state index is -4.11. The number of halogens is 3. The fourth-order valence-corrected chi connectivity index (χ4v) is 0.817. The Bertz CT molecular complexity index is 344. The van der Waals surface area contributed by atoms with Gasteiger partial charge in [0.2, 0.25) is 5.71 Å². The molecule has 0 fully saturated rings. The van der Waals surface area contributed by atoms with Crippen molar-refractivity contribution in [1.29, 1.82) is 0 Å². The molecule has 0 aliphatic carbocycles. The molecule has 0 rings (SSSR count). The van der Waals surface area contributed by atoms with Gasteiger partial charge in [-0.05, 0) is 32.4 Å². The molecule has 0 aromatic carbocycles. The molecule has 17 heavy (non-hydrogen) atoms. The molecule has 1 amide bonds. The van der Waals surface area contributed by atoms with Crippen LogP contribution in [0.1, 0.15) is 20.8 Å². The zero-order chi connectivity index (χ0) is 13.9. The van der Waals surface area contributed by atoms with E-state index in [1.807, 2.05) is 0 Å². The molecule has 0 bridgehead atoms. The molecule has 0 saturated heterocycles. The van der Waals surface area contributed by atoms with Gasteiger partial charge in [-0.1, -0.05) is 0 Å². The van der Waals surface area contributed by atoms with E-state index >= 15 is 0 Å². The molecule has 0 atom stereocenters. The third-order valence-corrected chi connectivity index (χ3v) is 1.42. The van der Waals surface area contributed by atoms with Gasteiger partial charge in [-0.2, -0.15) is 13.8 Å². The van der Waals surface area contributed by atoms with E-state index in [2.05, 4.69) is 26.1 Å². The highest BCUT2D eigenvalue weighted by Gasteiger charge is 2.40. The molecule has 0 aromatic heterocycles. The number of carbonyl (C=O) groups excluding carboxylic acids is 2. The fraction of sp³-hybridized carbons (Fsp3) is 0.667. The first-order valence-electron chi connectivity index (χ1n) is 4.44. The summed E-state index contributed by atoms with van der Waals surface area (Å²) >= 11 is 4.62. The third-order valence-electron chi connectivity index (χ3n) is 1.24. The average Bonchev–Trinajstić information content (AvgIpc) is 2.08. The lowest BCUT2D eigenvalue weighted by atomic mass is 10.2. The summed E-state index contributed by atoms with van der Waals surface area (Å²) in [5, 5.41) is -4.11. The first kappa shape index (κ1) is 15.8. The van der Waals surface area contributed by atoms with Crippen molar-refractivity contribution in [3.05, 3.63) is 0 Å². The lowest BCUT2D eigenvalue weighted by molar-refractivity contribution is -0.133. The summed E-state index contributed by atoms with van der Waals surface area (Å²) in [6, 6.07) is 0. The lowest BCUT2D eigenvalue weighted by Crippen LogP contribution is -2.33. The Kier molecular flexibility index (Phi) is 5.00.